The predicted molar refractivity (Wildman–Crippen MR) is 127 cm³/mol. The van der Waals surface area contributed by atoms with Gasteiger partial charge < -0.3 is 15.4 Å². The zero-order valence-electron chi connectivity index (χ0n) is 19.6. The van der Waals surface area contributed by atoms with Crippen LogP contribution in [0.2, 0.25) is 0 Å². The minimum atomic E-state index is -4.90. The molecule has 3 rings (SSSR count). The fourth-order valence-electron chi connectivity index (χ4n) is 3.63. The summed E-state index contributed by atoms with van der Waals surface area (Å²) in [5.74, 6) is -2.03. The Hall–Kier alpha value is -3.62. The number of halogens is 6. The second-order valence-electron chi connectivity index (χ2n) is 7.95. The summed E-state index contributed by atoms with van der Waals surface area (Å²) in [6.07, 6.45) is -7.63. The molecule has 1 amide bonds. The van der Waals surface area contributed by atoms with E-state index in [4.69, 9.17) is 9.88 Å². The predicted octanol–water partition coefficient (Wildman–Crippen LogP) is 4.77. The number of rotatable bonds is 9. The molecule has 0 radical (unpaired) electrons. The molecule has 0 aliphatic carbocycles. The quantitative estimate of drug-likeness (QED) is 0.326. The van der Waals surface area contributed by atoms with Gasteiger partial charge in [-0.1, -0.05) is 12.1 Å². The van der Waals surface area contributed by atoms with Gasteiger partial charge in [0, 0.05) is 17.8 Å². The van der Waals surface area contributed by atoms with Crippen LogP contribution in [0.3, 0.4) is 0 Å². The molecule has 0 aliphatic rings. The number of carbonyl (C=O) groups excluding carboxylic acids is 1. The van der Waals surface area contributed by atoms with Gasteiger partial charge in [-0.3, -0.25) is 4.79 Å². The number of carbonyl (C=O) groups is 1. The number of nitrogens with two attached hydrogens (primary N) is 1. The molecule has 3 aromatic carbocycles. The molecule has 0 bridgehead atoms. The second-order valence-corrected chi connectivity index (χ2v) is 9.48. The zero-order chi connectivity index (χ0) is 28.3. The van der Waals surface area contributed by atoms with Crippen molar-refractivity contribution in [2.45, 2.75) is 24.0 Å². The maximum atomic E-state index is 13.6. The van der Waals surface area contributed by atoms with Gasteiger partial charge in [0.2, 0.25) is 10.0 Å². The molecule has 4 N–H and O–H groups in total. The number of hydrogen-bond donors (Lipinski definition) is 3. The van der Waals surface area contributed by atoms with Crippen molar-refractivity contribution in [3.63, 3.8) is 0 Å². The summed E-state index contributed by atoms with van der Waals surface area (Å²) in [6.45, 7) is -1.04. The molecular weight excluding hydrogens is 540 g/mol. The maximum Gasteiger partial charge on any atom is 0.417 e. The monoisotopic (exact) mass is 561 g/mol. The number of alkyl halides is 5. The van der Waals surface area contributed by atoms with Crippen molar-refractivity contribution >= 4 is 21.6 Å². The average molecular weight is 562 g/mol. The van der Waals surface area contributed by atoms with E-state index >= 15 is 0 Å². The smallest absolute Gasteiger partial charge is 0.417 e. The highest BCUT2D eigenvalue weighted by Crippen LogP contribution is 2.39. The van der Waals surface area contributed by atoms with Gasteiger partial charge in [-0.2, -0.15) is 13.2 Å². The van der Waals surface area contributed by atoms with E-state index in [0.717, 1.165) is 24.3 Å². The van der Waals surface area contributed by atoms with E-state index in [9.17, 15) is 39.6 Å². The van der Waals surface area contributed by atoms with Gasteiger partial charge >= 0.3 is 6.18 Å². The highest BCUT2D eigenvalue weighted by Gasteiger charge is 2.34. The molecule has 0 spiro atoms. The molecule has 0 heterocycles. The van der Waals surface area contributed by atoms with Crippen LogP contribution in [0, 0.1) is 5.82 Å². The van der Waals surface area contributed by atoms with Crippen LogP contribution >= 0.6 is 0 Å². The highest BCUT2D eigenvalue weighted by atomic mass is 32.2. The topological polar surface area (TPSA) is 111 Å². The molecule has 0 fully saturated rings. The Morgan fingerprint density at radius 2 is 1.71 bits per heavy atom. The SMILES string of the molecule is COc1cc(C(=O)Nc2ccc(-c3ccc(F)cc3C(F)(F)F)c(CNCC(F)F)c2)ccc1S(N)(=O)=O. The summed E-state index contributed by atoms with van der Waals surface area (Å²) in [4.78, 5) is 12.4. The number of ether oxygens (including phenoxy) is 1. The van der Waals surface area contributed by atoms with Gasteiger partial charge in [0.1, 0.15) is 16.5 Å². The molecule has 0 aromatic heterocycles. The third kappa shape index (κ3) is 7.02. The molecule has 0 saturated heterocycles. The van der Waals surface area contributed by atoms with Gasteiger partial charge in [0.15, 0.2) is 0 Å². The van der Waals surface area contributed by atoms with E-state index in [1.54, 1.807) is 0 Å². The number of anilines is 1. The minimum absolute atomic E-state index is 0.0173. The van der Waals surface area contributed by atoms with Crippen LogP contribution in [-0.4, -0.2) is 34.4 Å². The summed E-state index contributed by atoms with van der Waals surface area (Å²) >= 11 is 0. The molecule has 38 heavy (non-hydrogen) atoms. The third-order valence-electron chi connectivity index (χ3n) is 5.29. The van der Waals surface area contributed by atoms with Crippen LogP contribution in [0.25, 0.3) is 11.1 Å². The average Bonchev–Trinajstić information content (AvgIpc) is 2.82. The first-order valence-electron chi connectivity index (χ1n) is 10.7. The number of primary sulfonamides is 1. The Labute approximate surface area is 213 Å². The van der Waals surface area contributed by atoms with Crippen LogP contribution in [0.1, 0.15) is 21.5 Å². The Kier molecular flexibility index (Phi) is 8.69. The number of sulfonamides is 1. The van der Waals surface area contributed by atoms with Crippen molar-refractivity contribution < 1.29 is 44.3 Å². The van der Waals surface area contributed by atoms with Crippen LogP contribution < -0.4 is 20.5 Å². The van der Waals surface area contributed by atoms with Crippen molar-refractivity contribution in [1.82, 2.24) is 5.32 Å². The van der Waals surface area contributed by atoms with Crippen LogP contribution in [0.15, 0.2) is 59.5 Å². The molecular formula is C24H21F6N3O4S. The largest absolute Gasteiger partial charge is 0.495 e. The summed E-state index contributed by atoms with van der Waals surface area (Å²) in [6, 6.07) is 9.28. The standard InChI is InChI=1S/C24H21F6N3O4S/c1-37-20-9-13(2-7-21(20)38(31,35)36)23(34)33-16-4-6-17(14(8-16)11-32-12-22(26)27)18-5-3-15(25)10-19(18)24(28,29)30/h2-10,22,32H,11-12H2,1H3,(H,33,34)(H2,31,35,36). The van der Waals surface area contributed by atoms with Crippen LogP contribution in [-0.2, 0) is 22.7 Å². The second kappa shape index (κ2) is 11.4. The Morgan fingerprint density at radius 1 is 1.03 bits per heavy atom. The molecule has 7 nitrogen and oxygen atoms in total. The first-order chi connectivity index (χ1) is 17.7. The van der Waals surface area contributed by atoms with Crippen LogP contribution in [0.4, 0.5) is 32.0 Å². The summed E-state index contributed by atoms with van der Waals surface area (Å²) in [7, 11) is -2.96. The van der Waals surface area contributed by atoms with Gasteiger partial charge in [0.05, 0.1) is 19.2 Å². The minimum Gasteiger partial charge on any atom is -0.495 e. The molecule has 3 aromatic rings. The zero-order valence-corrected chi connectivity index (χ0v) is 20.4. The van der Waals surface area contributed by atoms with E-state index in [1.165, 1.54) is 31.4 Å². The van der Waals surface area contributed by atoms with E-state index < -0.39 is 46.5 Å². The Morgan fingerprint density at radius 3 is 2.32 bits per heavy atom. The summed E-state index contributed by atoms with van der Waals surface area (Å²) in [5, 5.41) is 10.0. The Bertz CT molecular complexity index is 1450. The van der Waals surface area contributed by atoms with Crippen molar-refractivity contribution in [3.05, 3.63) is 77.1 Å². The van der Waals surface area contributed by atoms with Gasteiger partial charge in [-0.25, -0.2) is 26.7 Å². The number of hydrogen-bond acceptors (Lipinski definition) is 5. The number of amides is 1. The fourth-order valence-corrected chi connectivity index (χ4v) is 4.31. The van der Waals surface area contributed by atoms with Crippen molar-refractivity contribution in [2.24, 2.45) is 5.14 Å². The van der Waals surface area contributed by atoms with Crippen molar-refractivity contribution in [3.8, 4) is 16.9 Å². The van der Waals surface area contributed by atoms with Gasteiger partial charge in [-0.05, 0) is 59.2 Å². The lowest BCUT2D eigenvalue weighted by Gasteiger charge is -2.18. The van der Waals surface area contributed by atoms with Crippen molar-refractivity contribution in [2.75, 3.05) is 19.0 Å². The summed E-state index contributed by atoms with van der Waals surface area (Å²) < 4.78 is 108. The fraction of sp³-hybridized carbons (Fsp3) is 0.208. The summed E-state index contributed by atoms with van der Waals surface area (Å²) in [5.41, 5.74) is -1.48. The molecule has 0 unspecified atom stereocenters. The molecule has 0 atom stereocenters. The van der Waals surface area contributed by atoms with E-state index in [1.807, 2.05) is 0 Å². The lowest BCUT2D eigenvalue weighted by Crippen LogP contribution is -2.21. The first kappa shape index (κ1) is 28.9. The molecule has 0 saturated carbocycles. The van der Waals surface area contributed by atoms with Gasteiger partial charge in [0.25, 0.3) is 12.3 Å². The highest BCUT2D eigenvalue weighted by molar-refractivity contribution is 7.89. The lowest BCUT2D eigenvalue weighted by atomic mass is 9.94. The normalized spacial score (nSPS) is 12.0. The molecule has 0 aliphatic heterocycles. The number of methoxy groups -OCH3 is 1. The first-order valence-corrected chi connectivity index (χ1v) is 12.3. The Balaban J connectivity index is 2.00. The van der Waals surface area contributed by atoms with Gasteiger partial charge in [-0.15, -0.1) is 0 Å². The lowest BCUT2D eigenvalue weighted by molar-refractivity contribution is -0.137. The maximum absolute atomic E-state index is 13.6. The number of nitrogens with one attached hydrogen (secondary N) is 2. The van der Waals surface area contributed by atoms with Crippen molar-refractivity contribution in [1.29, 1.82) is 0 Å². The van der Waals surface area contributed by atoms with E-state index in [0.29, 0.717) is 6.07 Å². The molecule has 204 valence electrons. The van der Waals surface area contributed by atoms with E-state index in [2.05, 4.69) is 10.6 Å². The van der Waals surface area contributed by atoms with Crippen LogP contribution in [0.5, 0.6) is 5.75 Å². The third-order valence-corrected chi connectivity index (χ3v) is 6.24. The number of benzene rings is 3. The molecule has 14 heteroatoms. The van der Waals surface area contributed by atoms with E-state index in [-0.39, 0.29) is 45.1 Å².